The van der Waals surface area contributed by atoms with Crippen molar-refractivity contribution in [3.05, 3.63) is 94.9 Å². The number of carbonyl (C=O) groups is 2. The van der Waals surface area contributed by atoms with Gasteiger partial charge in [-0.1, -0.05) is 36.7 Å². The van der Waals surface area contributed by atoms with Crippen LogP contribution in [-0.2, 0) is 11.2 Å². The van der Waals surface area contributed by atoms with Crippen LogP contribution in [0.15, 0.2) is 72.9 Å². The van der Waals surface area contributed by atoms with E-state index in [1.807, 2.05) is 74.6 Å². The van der Waals surface area contributed by atoms with Crippen LogP contribution in [0, 0.1) is 11.7 Å². The van der Waals surface area contributed by atoms with Gasteiger partial charge in [0.25, 0.3) is 0 Å². The zero-order chi connectivity index (χ0) is 32.4. The second-order valence-corrected chi connectivity index (χ2v) is 13.3. The smallest absolute Gasteiger partial charge is 0.318 e. The highest BCUT2D eigenvalue weighted by atomic mass is 35.5. The number of hydrogen-bond donors (Lipinski definition) is 2. The number of nitrogens with one attached hydrogen (secondary N) is 2. The third-order valence-corrected chi connectivity index (χ3v) is 9.41. The lowest BCUT2D eigenvalue weighted by Crippen LogP contribution is -2.57. The second kappa shape index (κ2) is 13.7. The Kier molecular flexibility index (Phi) is 9.52. The number of fused-ring (bicyclic) bond motifs is 2. The molecule has 0 radical (unpaired) electrons. The van der Waals surface area contributed by atoms with Gasteiger partial charge in [-0.25, -0.2) is 9.18 Å². The van der Waals surface area contributed by atoms with Crippen LogP contribution in [0.4, 0.5) is 14.9 Å². The summed E-state index contributed by atoms with van der Waals surface area (Å²) in [6.07, 6.45) is 3.95. The lowest BCUT2D eigenvalue weighted by atomic mass is 9.88. The largest absolute Gasteiger partial charge is 0.490 e. The molecule has 3 aromatic carbocycles. The summed E-state index contributed by atoms with van der Waals surface area (Å²) in [6, 6.07) is 18.6. The van der Waals surface area contributed by atoms with E-state index in [4.69, 9.17) is 16.3 Å². The first-order chi connectivity index (χ1) is 22.2. The molecule has 1 fully saturated rings. The van der Waals surface area contributed by atoms with E-state index in [1.54, 1.807) is 17.0 Å². The van der Waals surface area contributed by atoms with Gasteiger partial charge < -0.3 is 29.7 Å². The van der Waals surface area contributed by atoms with Gasteiger partial charge in [0.2, 0.25) is 5.91 Å². The van der Waals surface area contributed by atoms with Gasteiger partial charge in [0.1, 0.15) is 23.7 Å². The number of piperidine rings is 1. The summed E-state index contributed by atoms with van der Waals surface area (Å²) in [4.78, 5) is 37.7. The Morgan fingerprint density at radius 3 is 2.57 bits per heavy atom. The zero-order valence-corrected chi connectivity index (χ0v) is 27.3. The van der Waals surface area contributed by atoms with E-state index in [0.29, 0.717) is 43.2 Å². The summed E-state index contributed by atoms with van der Waals surface area (Å²) in [7, 11) is 4.07. The zero-order valence-electron chi connectivity index (χ0n) is 26.5. The van der Waals surface area contributed by atoms with Crippen LogP contribution in [0.3, 0.4) is 0 Å². The van der Waals surface area contributed by atoms with Crippen molar-refractivity contribution in [2.45, 2.75) is 44.2 Å². The Balaban J connectivity index is 1.24. The van der Waals surface area contributed by atoms with Gasteiger partial charge in [0, 0.05) is 72.7 Å². The summed E-state index contributed by atoms with van der Waals surface area (Å²) < 4.78 is 19.4. The van der Waals surface area contributed by atoms with Crippen LogP contribution >= 0.6 is 11.6 Å². The number of para-hydroxylation sites is 1. The number of aromatic amines is 1. The Morgan fingerprint density at radius 1 is 1.09 bits per heavy atom. The van der Waals surface area contributed by atoms with E-state index in [1.165, 1.54) is 12.1 Å². The molecule has 0 bridgehead atoms. The SMILES string of the molecule is CC(c1c[nH]c2ccccc12)C(NC(=O)N1CCC(Oc2ccc(F)cc2)CC1)C(=O)N1C[C@@H](CN(C)C)Cc2cc(Cl)ccc21. The highest BCUT2D eigenvalue weighted by Gasteiger charge is 2.38. The average Bonchev–Trinajstić information content (AvgIpc) is 3.48. The fourth-order valence-electron chi connectivity index (χ4n) is 6.89. The molecule has 2 aliphatic heterocycles. The number of ether oxygens (including phenoxy) is 1. The van der Waals surface area contributed by atoms with E-state index < -0.39 is 6.04 Å². The molecule has 3 atom stereocenters. The highest BCUT2D eigenvalue weighted by Crippen LogP contribution is 2.35. The molecule has 0 saturated carbocycles. The Bertz CT molecular complexity index is 1680. The molecule has 2 aliphatic rings. The molecule has 10 heteroatoms. The Labute approximate surface area is 274 Å². The number of hydrogen-bond acceptors (Lipinski definition) is 4. The number of H-pyrrole nitrogens is 1. The van der Waals surface area contributed by atoms with E-state index in [-0.39, 0.29) is 35.7 Å². The molecule has 242 valence electrons. The fraction of sp³-hybridized carbons (Fsp3) is 0.389. The highest BCUT2D eigenvalue weighted by molar-refractivity contribution is 6.30. The van der Waals surface area contributed by atoms with Gasteiger partial charge >= 0.3 is 6.03 Å². The number of rotatable bonds is 8. The van der Waals surface area contributed by atoms with Gasteiger partial charge in [-0.15, -0.1) is 0 Å². The molecule has 8 nitrogen and oxygen atoms in total. The molecule has 3 heterocycles. The maximum absolute atomic E-state index is 14.7. The van der Waals surface area contributed by atoms with Crippen molar-refractivity contribution in [1.82, 2.24) is 20.1 Å². The van der Waals surface area contributed by atoms with Crippen LogP contribution < -0.4 is 15.0 Å². The van der Waals surface area contributed by atoms with E-state index in [9.17, 15) is 14.0 Å². The molecule has 2 N–H and O–H groups in total. The second-order valence-electron chi connectivity index (χ2n) is 12.8. The van der Waals surface area contributed by atoms with E-state index in [0.717, 1.165) is 40.7 Å². The number of benzene rings is 3. The minimum absolute atomic E-state index is 0.0811. The normalized spacial score (nSPS) is 18.3. The lowest BCUT2D eigenvalue weighted by molar-refractivity contribution is -0.121. The molecule has 46 heavy (non-hydrogen) atoms. The first kappa shape index (κ1) is 31.9. The average molecular weight is 646 g/mol. The van der Waals surface area contributed by atoms with Crippen LogP contribution in [-0.4, -0.2) is 79.1 Å². The molecule has 3 amide bonds. The maximum atomic E-state index is 14.7. The van der Waals surface area contributed by atoms with Crippen LogP contribution in [0.2, 0.25) is 5.02 Å². The summed E-state index contributed by atoms with van der Waals surface area (Å²) in [5.74, 6) is 0.0439. The lowest BCUT2D eigenvalue weighted by Gasteiger charge is -2.39. The van der Waals surface area contributed by atoms with Crippen molar-refractivity contribution in [2.24, 2.45) is 5.92 Å². The van der Waals surface area contributed by atoms with Crippen molar-refractivity contribution < 1.29 is 18.7 Å². The molecule has 6 rings (SSSR count). The molecular weight excluding hydrogens is 605 g/mol. The van der Waals surface area contributed by atoms with E-state index in [2.05, 4.69) is 15.2 Å². The van der Waals surface area contributed by atoms with Gasteiger partial charge in [-0.3, -0.25) is 4.79 Å². The minimum Gasteiger partial charge on any atom is -0.490 e. The summed E-state index contributed by atoms with van der Waals surface area (Å²) in [5.41, 5.74) is 3.83. The summed E-state index contributed by atoms with van der Waals surface area (Å²) in [6.45, 7) is 4.34. The maximum Gasteiger partial charge on any atom is 0.318 e. The topological polar surface area (TPSA) is 80.9 Å². The van der Waals surface area contributed by atoms with Gasteiger partial charge in [0.05, 0.1) is 0 Å². The third kappa shape index (κ3) is 7.00. The number of halogens is 2. The van der Waals surface area contributed by atoms with Crippen molar-refractivity contribution in [3.63, 3.8) is 0 Å². The predicted octanol–water partition coefficient (Wildman–Crippen LogP) is 6.45. The molecule has 1 saturated heterocycles. The van der Waals surface area contributed by atoms with Crippen molar-refractivity contribution in [2.75, 3.05) is 45.2 Å². The van der Waals surface area contributed by atoms with Gasteiger partial charge in [-0.2, -0.15) is 0 Å². The molecule has 4 aromatic rings. The Morgan fingerprint density at radius 2 is 1.83 bits per heavy atom. The monoisotopic (exact) mass is 645 g/mol. The quantitative estimate of drug-likeness (QED) is 0.231. The molecule has 0 aliphatic carbocycles. The predicted molar refractivity (Wildman–Crippen MR) is 180 cm³/mol. The van der Waals surface area contributed by atoms with Crippen molar-refractivity contribution in [3.8, 4) is 5.75 Å². The first-order valence-corrected chi connectivity index (χ1v) is 16.3. The number of nitrogens with zero attached hydrogens (tertiary/aromatic N) is 3. The standard InChI is InChI=1S/C36H41ClFN5O3/c1-23(31-20-39-32-7-5-4-6-30(31)32)34(35(44)43-22-24(21-41(2)3)18-25-19-26(37)8-13-33(25)43)40-36(45)42-16-14-29(15-17-42)46-28-11-9-27(38)10-12-28/h4-13,19-20,23-24,29,34,39H,14-18,21-22H2,1-3H3,(H,40,45)/t23?,24-,34?/m1/s1. The number of amides is 3. The van der Waals surface area contributed by atoms with Crippen molar-refractivity contribution in [1.29, 1.82) is 0 Å². The Hall–Kier alpha value is -4.08. The van der Waals surface area contributed by atoms with E-state index >= 15 is 0 Å². The van der Waals surface area contributed by atoms with Gasteiger partial charge in [0.15, 0.2) is 0 Å². The number of carbonyl (C=O) groups excluding carboxylic acids is 2. The first-order valence-electron chi connectivity index (χ1n) is 15.9. The molecule has 0 spiro atoms. The number of anilines is 1. The van der Waals surface area contributed by atoms with Crippen molar-refractivity contribution >= 4 is 40.1 Å². The third-order valence-electron chi connectivity index (χ3n) is 9.17. The molecular formula is C36H41ClFN5O3. The van der Waals surface area contributed by atoms with Gasteiger partial charge in [-0.05, 0) is 86.1 Å². The van der Waals surface area contributed by atoms with Crippen LogP contribution in [0.1, 0.15) is 36.8 Å². The summed E-state index contributed by atoms with van der Waals surface area (Å²) in [5, 5.41) is 4.83. The number of urea groups is 1. The number of aromatic nitrogens is 1. The van der Waals surface area contributed by atoms with Crippen LogP contribution in [0.5, 0.6) is 5.75 Å². The summed E-state index contributed by atoms with van der Waals surface area (Å²) >= 11 is 6.41. The number of likely N-dealkylation sites (tertiary alicyclic amines) is 1. The fourth-order valence-corrected chi connectivity index (χ4v) is 7.08. The molecule has 1 aromatic heterocycles. The molecule has 2 unspecified atom stereocenters. The van der Waals surface area contributed by atoms with Crippen LogP contribution in [0.25, 0.3) is 10.9 Å². The minimum atomic E-state index is -0.818.